The number of aromatic nitrogens is 4. The predicted molar refractivity (Wildman–Crippen MR) is 105 cm³/mol. The zero-order valence-corrected chi connectivity index (χ0v) is 17.2. The molecule has 4 aliphatic rings. The number of tetrazole rings is 1. The smallest absolute Gasteiger partial charge is 0.223 e. The predicted octanol–water partition coefficient (Wildman–Crippen LogP) is 1.87. The van der Waals surface area contributed by atoms with Crippen LogP contribution in [0.25, 0.3) is 0 Å². The van der Waals surface area contributed by atoms with E-state index in [0.29, 0.717) is 42.5 Å². The molecule has 1 aromatic heterocycles. The summed E-state index contributed by atoms with van der Waals surface area (Å²) in [6.07, 6.45) is 12.0. The second-order valence-electron chi connectivity index (χ2n) is 9.91. The topological polar surface area (TPSA) is 84.2 Å². The van der Waals surface area contributed by atoms with E-state index in [2.05, 4.69) is 25.3 Å². The van der Waals surface area contributed by atoms with Gasteiger partial charge in [-0.2, -0.15) is 0 Å². The minimum atomic E-state index is -0.0237. The van der Waals surface area contributed by atoms with Gasteiger partial charge in [-0.05, 0) is 59.8 Å². The summed E-state index contributed by atoms with van der Waals surface area (Å²) in [5.41, 5.74) is -0.0237. The number of piperidine rings is 3. The number of carbonyl (C=O) groups is 2. The molecule has 0 radical (unpaired) electrons. The minimum Gasteiger partial charge on any atom is -0.342 e. The summed E-state index contributed by atoms with van der Waals surface area (Å²) in [6.45, 7) is 3.22. The normalized spacial score (nSPS) is 31.4. The third-order valence-corrected chi connectivity index (χ3v) is 7.86. The molecule has 4 heterocycles. The molecule has 4 fully saturated rings. The van der Waals surface area contributed by atoms with Crippen LogP contribution in [0.2, 0.25) is 0 Å². The lowest BCUT2D eigenvalue weighted by atomic mass is 9.71. The summed E-state index contributed by atoms with van der Waals surface area (Å²) in [5.74, 6) is 1.53. The highest BCUT2D eigenvalue weighted by atomic mass is 16.2. The maximum atomic E-state index is 13.4. The molecule has 3 atom stereocenters. The fourth-order valence-corrected chi connectivity index (χ4v) is 6.54. The van der Waals surface area contributed by atoms with E-state index >= 15 is 0 Å². The van der Waals surface area contributed by atoms with E-state index in [-0.39, 0.29) is 5.41 Å². The van der Waals surface area contributed by atoms with Gasteiger partial charge in [0.05, 0.1) is 6.54 Å². The van der Waals surface area contributed by atoms with Crippen molar-refractivity contribution in [3.63, 3.8) is 0 Å². The Morgan fingerprint density at radius 1 is 1.14 bits per heavy atom. The van der Waals surface area contributed by atoms with Gasteiger partial charge < -0.3 is 9.80 Å². The van der Waals surface area contributed by atoms with E-state index in [1.165, 1.54) is 25.7 Å². The van der Waals surface area contributed by atoms with Crippen LogP contribution in [0.1, 0.15) is 64.2 Å². The van der Waals surface area contributed by atoms with E-state index in [1.807, 2.05) is 0 Å². The Morgan fingerprint density at radius 3 is 2.79 bits per heavy atom. The summed E-state index contributed by atoms with van der Waals surface area (Å²) < 4.78 is 1.80. The van der Waals surface area contributed by atoms with Crippen LogP contribution in [0.3, 0.4) is 0 Å². The van der Waals surface area contributed by atoms with Gasteiger partial charge in [-0.1, -0.05) is 19.3 Å². The molecule has 1 aromatic rings. The standard InChI is InChI=1S/C21H32N6O2/c28-19-6-4-5-18-17-9-16(12-27(18)19)11-25(13-17)20(29)10-21(7-2-1-3-8-21)14-26-15-22-23-24-26/h15-18H,1-14H2. The molecule has 0 spiro atoms. The molecule has 0 aromatic carbocycles. The van der Waals surface area contributed by atoms with Crippen LogP contribution in [-0.2, 0) is 16.1 Å². The Kier molecular flexibility index (Phi) is 5.04. The van der Waals surface area contributed by atoms with Crippen molar-refractivity contribution in [2.45, 2.75) is 76.8 Å². The Labute approximate surface area is 172 Å². The van der Waals surface area contributed by atoms with Crippen LogP contribution in [0.4, 0.5) is 0 Å². The molecule has 1 aliphatic carbocycles. The number of fused-ring (bicyclic) bond motifs is 4. The van der Waals surface area contributed by atoms with Crippen molar-refractivity contribution in [1.29, 1.82) is 0 Å². The largest absolute Gasteiger partial charge is 0.342 e. The second kappa shape index (κ2) is 7.69. The summed E-state index contributed by atoms with van der Waals surface area (Å²) in [7, 11) is 0. The van der Waals surface area contributed by atoms with Gasteiger partial charge in [0.25, 0.3) is 0 Å². The number of rotatable bonds is 4. The maximum Gasteiger partial charge on any atom is 0.223 e. The summed E-state index contributed by atoms with van der Waals surface area (Å²) in [5, 5.41) is 11.6. The number of hydrogen-bond acceptors (Lipinski definition) is 5. The number of amides is 2. The molecule has 2 amide bonds. The van der Waals surface area contributed by atoms with Gasteiger partial charge in [-0.25, -0.2) is 4.68 Å². The average molecular weight is 401 g/mol. The Hall–Kier alpha value is -1.99. The van der Waals surface area contributed by atoms with Crippen LogP contribution < -0.4 is 0 Å². The monoisotopic (exact) mass is 400 g/mol. The van der Waals surface area contributed by atoms with Crippen molar-refractivity contribution in [2.24, 2.45) is 17.3 Å². The number of nitrogens with zero attached hydrogens (tertiary/aromatic N) is 6. The molecule has 2 bridgehead atoms. The first-order valence-corrected chi connectivity index (χ1v) is 11.4. The highest BCUT2D eigenvalue weighted by Crippen LogP contribution is 2.43. The van der Waals surface area contributed by atoms with E-state index in [9.17, 15) is 9.59 Å². The molecular weight excluding hydrogens is 368 g/mol. The van der Waals surface area contributed by atoms with Crippen molar-refractivity contribution < 1.29 is 9.59 Å². The number of hydrogen-bond donors (Lipinski definition) is 0. The van der Waals surface area contributed by atoms with Gasteiger partial charge in [0.15, 0.2) is 0 Å². The summed E-state index contributed by atoms with van der Waals surface area (Å²) in [6, 6.07) is 0.355. The molecule has 5 rings (SSSR count). The van der Waals surface area contributed by atoms with Gasteiger partial charge >= 0.3 is 0 Å². The SMILES string of the molecule is O=C(CC1(Cn2cnnn2)CCCCC1)N1CC2CC(C1)C1CCCC(=O)N1C2. The van der Waals surface area contributed by atoms with Crippen molar-refractivity contribution in [2.75, 3.05) is 19.6 Å². The maximum absolute atomic E-state index is 13.4. The van der Waals surface area contributed by atoms with Crippen LogP contribution in [0.5, 0.6) is 0 Å². The molecule has 3 unspecified atom stereocenters. The van der Waals surface area contributed by atoms with Gasteiger partial charge in [0.1, 0.15) is 6.33 Å². The molecule has 0 N–H and O–H groups in total. The highest BCUT2D eigenvalue weighted by Gasteiger charge is 2.45. The quantitative estimate of drug-likeness (QED) is 0.770. The molecule has 29 heavy (non-hydrogen) atoms. The van der Waals surface area contributed by atoms with E-state index in [1.54, 1.807) is 11.0 Å². The molecular formula is C21H32N6O2. The highest BCUT2D eigenvalue weighted by molar-refractivity contribution is 5.78. The van der Waals surface area contributed by atoms with Crippen LogP contribution in [0.15, 0.2) is 6.33 Å². The molecule has 1 saturated carbocycles. The van der Waals surface area contributed by atoms with Gasteiger partial charge in [-0.3, -0.25) is 9.59 Å². The lowest BCUT2D eigenvalue weighted by Gasteiger charge is -2.52. The summed E-state index contributed by atoms with van der Waals surface area (Å²) in [4.78, 5) is 30.1. The molecule has 8 nitrogen and oxygen atoms in total. The number of likely N-dealkylation sites (tertiary alicyclic amines) is 1. The van der Waals surface area contributed by atoms with Crippen molar-refractivity contribution in [3.8, 4) is 0 Å². The van der Waals surface area contributed by atoms with Crippen LogP contribution in [-0.4, -0.2) is 67.5 Å². The Morgan fingerprint density at radius 2 is 2.00 bits per heavy atom. The van der Waals surface area contributed by atoms with Gasteiger partial charge in [0.2, 0.25) is 11.8 Å². The molecule has 3 saturated heterocycles. The first-order valence-electron chi connectivity index (χ1n) is 11.4. The summed E-state index contributed by atoms with van der Waals surface area (Å²) >= 11 is 0. The third-order valence-electron chi connectivity index (χ3n) is 7.86. The van der Waals surface area contributed by atoms with Crippen LogP contribution >= 0.6 is 0 Å². The zero-order valence-electron chi connectivity index (χ0n) is 17.2. The van der Waals surface area contributed by atoms with Crippen molar-refractivity contribution in [1.82, 2.24) is 30.0 Å². The van der Waals surface area contributed by atoms with E-state index < -0.39 is 0 Å². The Bertz CT molecular complexity index is 744. The fraction of sp³-hybridized carbons (Fsp3) is 0.857. The lowest BCUT2D eigenvalue weighted by molar-refractivity contribution is -0.149. The zero-order chi connectivity index (χ0) is 19.8. The average Bonchev–Trinajstić information content (AvgIpc) is 3.22. The first-order chi connectivity index (χ1) is 14.1. The molecule has 158 valence electrons. The third kappa shape index (κ3) is 3.78. The number of carbonyl (C=O) groups excluding carboxylic acids is 2. The van der Waals surface area contributed by atoms with E-state index in [0.717, 1.165) is 51.9 Å². The molecule has 3 aliphatic heterocycles. The van der Waals surface area contributed by atoms with Gasteiger partial charge in [-0.15, -0.1) is 5.10 Å². The second-order valence-corrected chi connectivity index (χ2v) is 9.91. The van der Waals surface area contributed by atoms with Crippen LogP contribution in [0, 0.1) is 17.3 Å². The van der Waals surface area contributed by atoms with Gasteiger partial charge in [0, 0.05) is 38.5 Å². The Balaban J connectivity index is 1.28. The molecule has 8 heteroatoms. The first kappa shape index (κ1) is 19.0. The lowest BCUT2D eigenvalue weighted by Crippen LogP contribution is -2.61. The van der Waals surface area contributed by atoms with Crippen molar-refractivity contribution >= 4 is 11.8 Å². The van der Waals surface area contributed by atoms with E-state index in [4.69, 9.17) is 0 Å². The van der Waals surface area contributed by atoms with Crippen molar-refractivity contribution in [3.05, 3.63) is 6.33 Å². The fourth-order valence-electron chi connectivity index (χ4n) is 6.54. The minimum absolute atomic E-state index is 0.0237.